The number of hydrogen-bond acceptors (Lipinski definition) is 5. The maximum absolute atomic E-state index is 14.0. The second-order valence-corrected chi connectivity index (χ2v) is 8.76. The molecule has 186 valence electrons. The van der Waals surface area contributed by atoms with Gasteiger partial charge >= 0.3 is 5.97 Å². The first kappa shape index (κ1) is 23.7. The Bertz CT molecular complexity index is 1380. The van der Waals surface area contributed by atoms with E-state index >= 15 is 0 Å². The summed E-state index contributed by atoms with van der Waals surface area (Å²) >= 11 is 0. The molecule has 0 atom stereocenters. The molecule has 0 spiro atoms. The van der Waals surface area contributed by atoms with E-state index in [-0.39, 0.29) is 36.1 Å². The van der Waals surface area contributed by atoms with Gasteiger partial charge in [-0.2, -0.15) is 5.10 Å². The molecule has 5 rings (SSSR count). The van der Waals surface area contributed by atoms with Crippen molar-refractivity contribution < 1.29 is 27.9 Å². The van der Waals surface area contributed by atoms with Crippen LogP contribution in [-0.4, -0.2) is 47.3 Å². The summed E-state index contributed by atoms with van der Waals surface area (Å²) in [6, 6.07) is 8.27. The van der Waals surface area contributed by atoms with Crippen LogP contribution in [0.15, 0.2) is 36.4 Å². The van der Waals surface area contributed by atoms with Crippen molar-refractivity contribution >= 4 is 29.2 Å². The molecule has 1 fully saturated rings. The minimum Gasteiger partial charge on any atom is -0.461 e. The second-order valence-electron chi connectivity index (χ2n) is 8.76. The molecule has 3 heterocycles. The fraction of sp³-hybridized carbons (Fsp3) is 0.308. The summed E-state index contributed by atoms with van der Waals surface area (Å²) in [5.74, 6) is -2.78. The van der Waals surface area contributed by atoms with Crippen LogP contribution in [0, 0.1) is 18.6 Å². The van der Waals surface area contributed by atoms with Gasteiger partial charge in [-0.05, 0) is 62.6 Å². The molecule has 36 heavy (non-hydrogen) atoms. The lowest BCUT2D eigenvalue weighted by Gasteiger charge is -2.29. The van der Waals surface area contributed by atoms with Crippen molar-refractivity contribution in [2.75, 3.05) is 29.5 Å². The summed E-state index contributed by atoms with van der Waals surface area (Å²) in [5.41, 5.74) is 2.55. The molecule has 1 saturated heterocycles. The fourth-order valence-electron chi connectivity index (χ4n) is 4.83. The SMILES string of the molecule is CCOC(=O)c1nn(-c2cc(F)cc(F)c2)c2c1CCN(c1ccc(N3CCCC3=O)cc1C)C2=O. The smallest absolute Gasteiger partial charge is 0.359 e. The number of aryl methyl sites for hydroxylation is 1. The molecule has 8 nitrogen and oxygen atoms in total. The van der Waals surface area contributed by atoms with E-state index in [9.17, 15) is 23.2 Å². The molecule has 0 radical (unpaired) electrons. The highest BCUT2D eigenvalue weighted by Gasteiger charge is 2.36. The lowest BCUT2D eigenvalue weighted by molar-refractivity contribution is -0.117. The molecule has 0 bridgehead atoms. The van der Waals surface area contributed by atoms with Crippen LogP contribution in [0.2, 0.25) is 0 Å². The van der Waals surface area contributed by atoms with Gasteiger partial charge in [-0.15, -0.1) is 0 Å². The van der Waals surface area contributed by atoms with Crippen LogP contribution in [0.1, 0.15) is 51.9 Å². The zero-order valence-corrected chi connectivity index (χ0v) is 19.9. The van der Waals surface area contributed by atoms with Gasteiger partial charge in [0, 0.05) is 42.5 Å². The highest BCUT2D eigenvalue weighted by molar-refractivity contribution is 6.09. The van der Waals surface area contributed by atoms with Gasteiger partial charge in [-0.1, -0.05) is 0 Å². The van der Waals surface area contributed by atoms with Gasteiger partial charge in [0.15, 0.2) is 5.69 Å². The predicted octanol–water partition coefficient (Wildman–Crippen LogP) is 3.97. The van der Waals surface area contributed by atoms with Crippen LogP contribution in [0.4, 0.5) is 20.2 Å². The Balaban J connectivity index is 1.58. The molecule has 0 saturated carbocycles. The topological polar surface area (TPSA) is 84.7 Å². The third kappa shape index (κ3) is 4.02. The molecule has 2 amide bonds. The molecule has 2 aromatic carbocycles. The molecule has 1 aromatic heterocycles. The third-order valence-electron chi connectivity index (χ3n) is 6.43. The third-order valence-corrected chi connectivity index (χ3v) is 6.43. The van der Waals surface area contributed by atoms with E-state index in [4.69, 9.17) is 4.74 Å². The zero-order chi connectivity index (χ0) is 25.6. The van der Waals surface area contributed by atoms with Crippen molar-refractivity contribution in [3.05, 3.63) is 70.5 Å². The Morgan fingerprint density at radius 2 is 1.75 bits per heavy atom. The van der Waals surface area contributed by atoms with E-state index in [0.29, 0.717) is 30.6 Å². The monoisotopic (exact) mass is 494 g/mol. The van der Waals surface area contributed by atoms with Crippen LogP contribution >= 0.6 is 0 Å². The number of fused-ring (bicyclic) bond motifs is 1. The fourth-order valence-corrected chi connectivity index (χ4v) is 4.83. The van der Waals surface area contributed by atoms with Crippen molar-refractivity contribution in [2.45, 2.75) is 33.1 Å². The normalized spacial score (nSPS) is 15.4. The number of benzene rings is 2. The van der Waals surface area contributed by atoms with Gasteiger partial charge in [-0.3, -0.25) is 9.59 Å². The average molecular weight is 494 g/mol. The number of halogens is 2. The van der Waals surface area contributed by atoms with Gasteiger partial charge in [0.05, 0.1) is 12.3 Å². The number of rotatable bonds is 5. The largest absolute Gasteiger partial charge is 0.461 e. The van der Waals surface area contributed by atoms with Gasteiger partial charge in [-0.25, -0.2) is 18.3 Å². The Kier molecular flexibility index (Phi) is 6.03. The first-order valence-electron chi connectivity index (χ1n) is 11.8. The molecular formula is C26H24F2N4O4. The Hall–Kier alpha value is -4.08. The molecule has 0 aliphatic carbocycles. The number of carbonyl (C=O) groups is 3. The first-order valence-corrected chi connectivity index (χ1v) is 11.8. The van der Waals surface area contributed by atoms with E-state index < -0.39 is 23.5 Å². The van der Waals surface area contributed by atoms with Gasteiger partial charge in [0.2, 0.25) is 5.91 Å². The molecule has 2 aliphatic heterocycles. The van der Waals surface area contributed by atoms with Crippen molar-refractivity contribution in [3.63, 3.8) is 0 Å². The number of amides is 2. The lowest BCUT2D eigenvalue weighted by Crippen LogP contribution is -2.39. The zero-order valence-electron chi connectivity index (χ0n) is 19.9. The molecule has 3 aromatic rings. The van der Waals surface area contributed by atoms with E-state index in [2.05, 4.69) is 5.10 Å². The van der Waals surface area contributed by atoms with Gasteiger partial charge in [0.25, 0.3) is 5.91 Å². The molecule has 10 heteroatoms. The summed E-state index contributed by atoms with van der Waals surface area (Å²) in [7, 11) is 0. The lowest BCUT2D eigenvalue weighted by atomic mass is 10.0. The number of carbonyl (C=O) groups excluding carboxylic acids is 3. The molecule has 0 unspecified atom stereocenters. The van der Waals surface area contributed by atoms with Crippen LogP contribution in [-0.2, 0) is 16.0 Å². The van der Waals surface area contributed by atoms with Gasteiger partial charge < -0.3 is 14.5 Å². The molecule has 2 aliphatic rings. The minimum atomic E-state index is -0.838. The average Bonchev–Trinajstić information content (AvgIpc) is 3.43. The Morgan fingerprint density at radius 3 is 2.39 bits per heavy atom. The quantitative estimate of drug-likeness (QED) is 0.502. The van der Waals surface area contributed by atoms with Crippen LogP contribution < -0.4 is 9.80 Å². The maximum Gasteiger partial charge on any atom is 0.359 e. The Morgan fingerprint density at radius 1 is 1.00 bits per heavy atom. The Labute approximate surface area is 206 Å². The van der Waals surface area contributed by atoms with Crippen molar-refractivity contribution in [1.82, 2.24) is 9.78 Å². The van der Waals surface area contributed by atoms with E-state index in [0.717, 1.165) is 40.6 Å². The number of nitrogens with zero attached hydrogens (tertiary/aromatic N) is 4. The highest BCUT2D eigenvalue weighted by Crippen LogP contribution is 2.33. The van der Waals surface area contributed by atoms with Gasteiger partial charge in [0.1, 0.15) is 17.3 Å². The van der Waals surface area contributed by atoms with E-state index in [1.54, 1.807) is 28.9 Å². The number of anilines is 2. The molecule has 0 N–H and O–H groups in total. The number of hydrogen-bond donors (Lipinski definition) is 0. The number of aromatic nitrogens is 2. The van der Waals surface area contributed by atoms with Crippen molar-refractivity contribution in [1.29, 1.82) is 0 Å². The van der Waals surface area contributed by atoms with Crippen LogP contribution in [0.5, 0.6) is 0 Å². The number of ether oxygens (including phenoxy) is 1. The van der Waals surface area contributed by atoms with E-state index in [1.807, 2.05) is 13.0 Å². The minimum absolute atomic E-state index is 0.0193. The summed E-state index contributed by atoms with van der Waals surface area (Å²) in [6.45, 7) is 4.54. The predicted molar refractivity (Wildman–Crippen MR) is 128 cm³/mol. The standard InChI is InChI=1S/C26H24F2N4O4/c1-3-36-26(35)23-20-8-10-31(21-7-6-18(11-15(21)2)30-9-4-5-22(30)33)25(34)24(20)32(29-23)19-13-16(27)12-17(28)14-19/h6-7,11-14H,3-5,8-10H2,1-2H3. The first-order chi connectivity index (χ1) is 17.3. The maximum atomic E-state index is 14.0. The van der Waals surface area contributed by atoms with Crippen molar-refractivity contribution in [3.8, 4) is 5.69 Å². The van der Waals surface area contributed by atoms with Crippen LogP contribution in [0.3, 0.4) is 0 Å². The summed E-state index contributed by atoms with van der Waals surface area (Å²) in [4.78, 5) is 41.8. The second kappa shape index (κ2) is 9.18. The highest BCUT2D eigenvalue weighted by atomic mass is 19.1. The summed E-state index contributed by atoms with van der Waals surface area (Å²) in [5, 5.41) is 4.26. The van der Waals surface area contributed by atoms with Crippen molar-refractivity contribution in [2.24, 2.45) is 0 Å². The van der Waals surface area contributed by atoms with E-state index in [1.165, 1.54) is 0 Å². The number of esters is 1. The van der Waals surface area contributed by atoms with Crippen LogP contribution in [0.25, 0.3) is 5.69 Å². The molecular weight excluding hydrogens is 470 g/mol. The summed E-state index contributed by atoms with van der Waals surface area (Å²) in [6.07, 6.45) is 1.61. The summed E-state index contributed by atoms with van der Waals surface area (Å²) < 4.78 is 34.3.